The van der Waals surface area contributed by atoms with E-state index < -0.39 is 0 Å². The van der Waals surface area contributed by atoms with Gasteiger partial charge in [-0.25, -0.2) is 0 Å². The van der Waals surface area contributed by atoms with Crippen molar-refractivity contribution < 1.29 is 4.74 Å². The minimum Gasteiger partial charge on any atom is -0.380 e. The normalized spacial score (nSPS) is 18.3. The van der Waals surface area contributed by atoms with E-state index in [1.807, 2.05) is 12.1 Å². The van der Waals surface area contributed by atoms with Crippen molar-refractivity contribution in [3.05, 3.63) is 35.4 Å². The van der Waals surface area contributed by atoms with E-state index in [4.69, 9.17) is 10.00 Å². The van der Waals surface area contributed by atoms with Crippen molar-refractivity contribution >= 4 is 0 Å². The van der Waals surface area contributed by atoms with E-state index in [9.17, 15) is 0 Å². The largest absolute Gasteiger partial charge is 0.380 e. The van der Waals surface area contributed by atoms with E-state index in [0.29, 0.717) is 6.04 Å². The molecule has 0 unspecified atom stereocenters. The predicted molar refractivity (Wildman–Crippen MR) is 83.9 cm³/mol. The number of likely N-dealkylation sites (tertiary alicyclic amines) is 1. The third-order valence-electron chi connectivity index (χ3n) is 4.17. The van der Waals surface area contributed by atoms with Crippen molar-refractivity contribution in [3.8, 4) is 6.07 Å². The van der Waals surface area contributed by atoms with Gasteiger partial charge in [-0.2, -0.15) is 5.26 Å². The highest BCUT2D eigenvalue weighted by molar-refractivity contribution is 5.31. The fourth-order valence-electron chi connectivity index (χ4n) is 2.65. The molecule has 114 valence electrons. The molecule has 0 saturated carbocycles. The van der Waals surface area contributed by atoms with Crippen LogP contribution in [0, 0.1) is 11.3 Å². The SMILES string of the molecule is CO[C@@H](C)CNC1CCN(Cc2ccc(C#N)cc2)CC1. The van der Waals surface area contributed by atoms with Crippen LogP contribution in [0.25, 0.3) is 0 Å². The number of hydrogen-bond donors (Lipinski definition) is 1. The first kappa shape index (κ1) is 16.0. The Morgan fingerprint density at radius 3 is 2.57 bits per heavy atom. The molecule has 4 heteroatoms. The molecule has 0 bridgehead atoms. The number of nitriles is 1. The van der Waals surface area contributed by atoms with Gasteiger partial charge in [-0.05, 0) is 50.6 Å². The topological polar surface area (TPSA) is 48.3 Å². The standard InChI is InChI=1S/C17H25N3O/c1-14(21-2)12-19-17-7-9-20(10-8-17)13-16-5-3-15(11-18)4-6-16/h3-6,14,17,19H,7-10,12-13H2,1-2H3/t14-/m0/s1. The molecule has 4 nitrogen and oxygen atoms in total. The molecule has 0 radical (unpaired) electrons. The van der Waals surface area contributed by atoms with Crippen LogP contribution in [-0.2, 0) is 11.3 Å². The maximum Gasteiger partial charge on any atom is 0.0991 e. The predicted octanol–water partition coefficient (Wildman–Crippen LogP) is 2.15. The van der Waals surface area contributed by atoms with Crippen LogP contribution < -0.4 is 5.32 Å². The van der Waals surface area contributed by atoms with Crippen LogP contribution in [0.4, 0.5) is 0 Å². The fourth-order valence-corrected chi connectivity index (χ4v) is 2.65. The van der Waals surface area contributed by atoms with Crippen LogP contribution in [-0.4, -0.2) is 43.8 Å². The molecule has 1 aliphatic heterocycles. The van der Waals surface area contributed by atoms with Gasteiger partial charge in [0.05, 0.1) is 17.7 Å². The molecule has 1 fully saturated rings. The molecule has 1 aromatic carbocycles. The summed E-state index contributed by atoms with van der Waals surface area (Å²) < 4.78 is 5.26. The lowest BCUT2D eigenvalue weighted by Gasteiger charge is -2.33. The molecule has 1 aromatic rings. The van der Waals surface area contributed by atoms with Gasteiger partial charge in [0.2, 0.25) is 0 Å². The summed E-state index contributed by atoms with van der Waals surface area (Å²) in [6.45, 7) is 6.24. The Bertz CT molecular complexity index is 458. The lowest BCUT2D eigenvalue weighted by Crippen LogP contribution is -2.44. The number of piperidine rings is 1. The third kappa shape index (κ3) is 5.13. The number of rotatable bonds is 6. The Morgan fingerprint density at radius 2 is 2.00 bits per heavy atom. The first-order valence-electron chi connectivity index (χ1n) is 7.69. The average Bonchev–Trinajstić information content (AvgIpc) is 2.54. The maximum atomic E-state index is 8.81. The summed E-state index contributed by atoms with van der Waals surface area (Å²) in [6, 6.07) is 10.7. The summed E-state index contributed by atoms with van der Waals surface area (Å²) in [5, 5.41) is 12.4. The van der Waals surface area contributed by atoms with Crippen molar-refractivity contribution in [1.29, 1.82) is 5.26 Å². The number of hydrogen-bond acceptors (Lipinski definition) is 4. The lowest BCUT2D eigenvalue weighted by molar-refractivity contribution is 0.108. The zero-order valence-electron chi connectivity index (χ0n) is 13.0. The molecule has 0 aromatic heterocycles. The molecule has 0 amide bonds. The second-order valence-electron chi connectivity index (χ2n) is 5.81. The molecule has 1 saturated heterocycles. The zero-order chi connectivity index (χ0) is 15.1. The monoisotopic (exact) mass is 287 g/mol. The van der Waals surface area contributed by atoms with Crippen LogP contribution in [0.2, 0.25) is 0 Å². The smallest absolute Gasteiger partial charge is 0.0991 e. The number of ether oxygens (including phenoxy) is 1. The zero-order valence-corrected chi connectivity index (χ0v) is 13.0. The lowest BCUT2D eigenvalue weighted by atomic mass is 10.0. The van der Waals surface area contributed by atoms with Gasteiger partial charge in [-0.15, -0.1) is 0 Å². The number of nitrogens with zero attached hydrogens (tertiary/aromatic N) is 2. The van der Waals surface area contributed by atoms with E-state index in [2.05, 4.69) is 35.3 Å². The summed E-state index contributed by atoms with van der Waals surface area (Å²) in [5.74, 6) is 0. The Kier molecular flexibility index (Phi) is 6.19. The minimum atomic E-state index is 0.279. The highest BCUT2D eigenvalue weighted by Gasteiger charge is 2.19. The maximum absolute atomic E-state index is 8.81. The Labute approximate surface area is 127 Å². The van der Waals surface area contributed by atoms with Crippen LogP contribution in [0.1, 0.15) is 30.9 Å². The molecule has 1 aliphatic rings. The van der Waals surface area contributed by atoms with Crippen molar-refractivity contribution in [2.24, 2.45) is 0 Å². The Morgan fingerprint density at radius 1 is 1.33 bits per heavy atom. The quantitative estimate of drug-likeness (QED) is 0.871. The average molecular weight is 287 g/mol. The Balaban J connectivity index is 1.72. The second-order valence-corrected chi connectivity index (χ2v) is 5.81. The molecule has 0 spiro atoms. The molecule has 1 atom stereocenters. The van der Waals surface area contributed by atoms with Gasteiger partial charge in [0.25, 0.3) is 0 Å². The molecular weight excluding hydrogens is 262 g/mol. The van der Waals surface area contributed by atoms with Gasteiger partial charge in [0.1, 0.15) is 0 Å². The number of nitrogens with one attached hydrogen (secondary N) is 1. The summed E-state index contributed by atoms with van der Waals surface area (Å²) in [5.41, 5.74) is 2.02. The molecule has 1 heterocycles. The summed E-state index contributed by atoms with van der Waals surface area (Å²) in [7, 11) is 1.76. The van der Waals surface area contributed by atoms with Crippen LogP contribution >= 0.6 is 0 Å². The van der Waals surface area contributed by atoms with E-state index in [-0.39, 0.29) is 6.10 Å². The highest BCUT2D eigenvalue weighted by atomic mass is 16.5. The molecule has 1 N–H and O–H groups in total. The first-order chi connectivity index (χ1) is 10.2. The molecule has 0 aliphatic carbocycles. The Hall–Kier alpha value is -1.41. The summed E-state index contributed by atoms with van der Waals surface area (Å²) >= 11 is 0. The van der Waals surface area contributed by atoms with Crippen molar-refractivity contribution in [2.75, 3.05) is 26.7 Å². The van der Waals surface area contributed by atoms with Crippen LogP contribution in [0.15, 0.2) is 24.3 Å². The van der Waals surface area contributed by atoms with E-state index in [1.54, 1.807) is 7.11 Å². The minimum absolute atomic E-state index is 0.279. The fraction of sp³-hybridized carbons (Fsp3) is 0.588. The van der Waals surface area contributed by atoms with E-state index >= 15 is 0 Å². The number of methoxy groups -OCH3 is 1. The second kappa shape index (κ2) is 8.14. The van der Waals surface area contributed by atoms with Gasteiger partial charge in [0.15, 0.2) is 0 Å². The third-order valence-corrected chi connectivity index (χ3v) is 4.17. The summed E-state index contributed by atoms with van der Waals surface area (Å²) in [4.78, 5) is 2.49. The van der Waals surface area contributed by atoms with E-state index in [1.165, 1.54) is 18.4 Å². The van der Waals surface area contributed by atoms with Crippen molar-refractivity contribution in [2.45, 2.75) is 38.5 Å². The van der Waals surface area contributed by atoms with Gasteiger partial charge in [0, 0.05) is 26.2 Å². The first-order valence-corrected chi connectivity index (χ1v) is 7.69. The molecule has 2 rings (SSSR count). The molecular formula is C17H25N3O. The van der Waals surface area contributed by atoms with Crippen molar-refractivity contribution in [3.63, 3.8) is 0 Å². The highest BCUT2D eigenvalue weighted by Crippen LogP contribution is 2.14. The van der Waals surface area contributed by atoms with Gasteiger partial charge in [-0.3, -0.25) is 4.90 Å². The van der Waals surface area contributed by atoms with Crippen LogP contribution in [0.3, 0.4) is 0 Å². The molecule has 21 heavy (non-hydrogen) atoms. The van der Waals surface area contributed by atoms with Gasteiger partial charge in [-0.1, -0.05) is 12.1 Å². The van der Waals surface area contributed by atoms with Crippen LogP contribution in [0.5, 0.6) is 0 Å². The van der Waals surface area contributed by atoms with Crippen molar-refractivity contribution in [1.82, 2.24) is 10.2 Å². The summed E-state index contributed by atoms with van der Waals surface area (Å²) in [6.07, 6.45) is 2.65. The van der Waals surface area contributed by atoms with E-state index in [0.717, 1.165) is 31.7 Å². The van der Waals surface area contributed by atoms with Gasteiger partial charge >= 0.3 is 0 Å². The van der Waals surface area contributed by atoms with Gasteiger partial charge < -0.3 is 10.1 Å². The number of benzene rings is 1.